The maximum atomic E-state index is 5.78. The van der Waals surface area contributed by atoms with Crippen LogP contribution in [0.15, 0.2) is 0 Å². The molecule has 0 bridgehead atoms. The Hall–Kier alpha value is -0.120. The number of likely N-dealkylation sites (tertiary alicyclic amines) is 1. The molecule has 1 N–H and O–H groups in total. The highest BCUT2D eigenvalue weighted by Crippen LogP contribution is 2.26. The summed E-state index contributed by atoms with van der Waals surface area (Å²) in [5, 5.41) is 3.47. The van der Waals surface area contributed by atoms with Crippen molar-refractivity contribution in [1.29, 1.82) is 0 Å². The summed E-state index contributed by atoms with van der Waals surface area (Å²) < 4.78 is 5.78. The van der Waals surface area contributed by atoms with Gasteiger partial charge in [-0.05, 0) is 50.7 Å². The van der Waals surface area contributed by atoms with Crippen LogP contribution in [-0.4, -0.2) is 50.3 Å². The summed E-state index contributed by atoms with van der Waals surface area (Å²) in [4.78, 5) is 2.66. The van der Waals surface area contributed by atoms with Crippen molar-refractivity contribution < 1.29 is 4.74 Å². The predicted molar refractivity (Wildman–Crippen MR) is 71.2 cm³/mol. The third-order valence-corrected chi connectivity index (χ3v) is 4.29. The Balaban J connectivity index is 1.70. The van der Waals surface area contributed by atoms with Crippen LogP contribution in [0.3, 0.4) is 0 Å². The SMILES string of the molecule is CCNCC1CCN(CC2CCOC2CC)C1. The zero-order valence-electron chi connectivity index (χ0n) is 11.5. The molecule has 100 valence electrons. The fraction of sp³-hybridized carbons (Fsp3) is 1.00. The lowest BCUT2D eigenvalue weighted by molar-refractivity contribution is 0.0779. The van der Waals surface area contributed by atoms with Gasteiger partial charge in [0, 0.05) is 19.7 Å². The summed E-state index contributed by atoms with van der Waals surface area (Å²) in [6.45, 7) is 11.6. The van der Waals surface area contributed by atoms with Crippen LogP contribution in [0.5, 0.6) is 0 Å². The molecule has 0 aromatic heterocycles. The van der Waals surface area contributed by atoms with Crippen molar-refractivity contribution in [2.75, 3.05) is 39.3 Å². The maximum absolute atomic E-state index is 5.78. The molecule has 0 saturated carbocycles. The van der Waals surface area contributed by atoms with E-state index in [1.165, 1.54) is 45.4 Å². The highest BCUT2D eigenvalue weighted by molar-refractivity contribution is 4.83. The molecular formula is C14H28N2O. The van der Waals surface area contributed by atoms with Gasteiger partial charge in [0.15, 0.2) is 0 Å². The standard InChI is InChI=1S/C14H28N2O/c1-3-14-13(6-8-17-14)11-16-7-5-12(10-16)9-15-4-2/h12-15H,3-11H2,1-2H3. The van der Waals surface area contributed by atoms with Crippen LogP contribution < -0.4 is 5.32 Å². The molecule has 3 heteroatoms. The molecule has 0 aliphatic carbocycles. The first-order valence-corrected chi connectivity index (χ1v) is 7.38. The van der Waals surface area contributed by atoms with Crippen LogP contribution in [0, 0.1) is 11.8 Å². The summed E-state index contributed by atoms with van der Waals surface area (Å²) in [6.07, 6.45) is 4.35. The fourth-order valence-corrected chi connectivity index (χ4v) is 3.28. The Morgan fingerprint density at radius 3 is 2.94 bits per heavy atom. The first kappa shape index (κ1) is 13.3. The smallest absolute Gasteiger partial charge is 0.0613 e. The van der Waals surface area contributed by atoms with Gasteiger partial charge in [0.05, 0.1) is 6.10 Å². The summed E-state index contributed by atoms with van der Waals surface area (Å²) in [7, 11) is 0. The van der Waals surface area contributed by atoms with E-state index in [9.17, 15) is 0 Å². The van der Waals surface area contributed by atoms with E-state index in [0.29, 0.717) is 6.10 Å². The second-order valence-electron chi connectivity index (χ2n) is 5.59. The van der Waals surface area contributed by atoms with Crippen LogP contribution in [0.2, 0.25) is 0 Å². The zero-order chi connectivity index (χ0) is 12.1. The lowest BCUT2D eigenvalue weighted by Gasteiger charge is -2.23. The predicted octanol–water partition coefficient (Wildman–Crippen LogP) is 1.73. The van der Waals surface area contributed by atoms with Crippen LogP contribution in [-0.2, 0) is 4.74 Å². The van der Waals surface area contributed by atoms with Crippen molar-refractivity contribution in [3.63, 3.8) is 0 Å². The van der Waals surface area contributed by atoms with Crippen LogP contribution in [0.1, 0.15) is 33.1 Å². The second-order valence-corrected chi connectivity index (χ2v) is 5.59. The highest BCUT2D eigenvalue weighted by Gasteiger charge is 2.31. The number of hydrogen-bond donors (Lipinski definition) is 1. The van der Waals surface area contributed by atoms with Crippen LogP contribution >= 0.6 is 0 Å². The molecule has 2 saturated heterocycles. The normalized spacial score (nSPS) is 34.6. The lowest BCUT2D eigenvalue weighted by atomic mass is 9.99. The number of nitrogens with zero attached hydrogens (tertiary/aromatic N) is 1. The third-order valence-electron chi connectivity index (χ3n) is 4.29. The van der Waals surface area contributed by atoms with Crippen LogP contribution in [0.25, 0.3) is 0 Å². The quantitative estimate of drug-likeness (QED) is 0.765. The Morgan fingerprint density at radius 2 is 2.18 bits per heavy atom. The van der Waals surface area contributed by atoms with Crippen LogP contribution in [0.4, 0.5) is 0 Å². The zero-order valence-corrected chi connectivity index (χ0v) is 11.5. The second kappa shape index (κ2) is 6.72. The topological polar surface area (TPSA) is 24.5 Å². The van der Waals surface area contributed by atoms with Gasteiger partial charge >= 0.3 is 0 Å². The minimum atomic E-state index is 0.530. The largest absolute Gasteiger partial charge is 0.378 e. The average molecular weight is 240 g/mol. The summed E-state index contributed by atoms with van der Waals surface area (Å²) >= 11 is 0. The maximum Gasteiger partial charge on any atom is 0.0613 e. The molecule has 0 radical (unpaired) electrons. The highest BCUT2D eigenvalue weighted by atomic mass is 16.5. The molecular weight excluding hydrogens is 212 g/mol. The minimum absolute atomic E-state index is 0.530. The molecule has 0 aromatic carbocycles. The molecule has 2 aliphatic heterocycles. The van der Waals surface area contributed by atoms with Gasteiger partial charge in [-0.3, -0.25) is 0 Å². The molecule has 0 spiro atoms. The minimum Gasteiger partial charge on any atom is -0.378 e. The molecule has 2 rings (SSSR count). The summed E-state index contributed by atoms with van der Waals surface area (Å²) in [5.74, 6) is 1.66. The lowest BCUT2D eigenvalue weighted by Crippen LogP contribution is -2.32. The molecule has 3 nitrogen and oxygen atoms in total. The van der Waals surface area contributed by atoms with Crippen molar-refractivity contribution in [3.8, 4) is 0 Å². The van der Waals surface area contributed by atoms with Gasteiger partial charge in [-0.1, -0.05) is 13.8 Å². The van der Waals surface area contributed by atoms with Crippen molar-refractivity contribution in [1.82, 2.24) is 10.2 Å². The van der Waals surface area contributed by atoms with Gasteiger partial charge in [0.25, 0.3) is 0 Å². The van der Waals surface area contributed by atoms with E-state index in [0.717, 1.165) is 25.0 Å². The van der Waals surface area contributed by atoms with E-state index >= 15 is 0 Å². The van der Waals surface area contributed by atoms with E-state index in [1.54, 1.807) is 0 Å². The van der Waals surface area contributed by atoms with Gasteiger partial charge in [0.1, 0.15) is 0 Å². The summed E-state index contributed by atoms with van der Waals surface area (Å²) in [5.41, 5.74) is 0. The molecule has 0 aromatic rings. The Kier molecular flexibility index (Phi) is 5.26. The first-order valence-electron chi connectivity index (χ1n) is 7.38. The molecule has 0 amide bonds. The van der Waals surface area contributed by atoms with E-state index in [2.05, 4.69) is 24.1 Å². The summed E-state index contributed by atoms with van der Waals surface area (Å²) in [6, 6.07) is 0. The molecule has 2 fully saturated rings. The van der Waals surface area contributed by atoms with E-state index in [1.807, 2.05) is 0 Å². The van der Waals surface area contributed by atoms with E-state index < -0.39 is 0 Å². The number of hydrogen-bond acceptors (Lipinski definition) is 3. The fourth-order valence-electron chi connectivity index (χ4n) is 3.28. The third kappa shape index (κ3) is 3.67. The van der Waals surface area contributed by atoms with Crippen molar-refractivity contribution in [2.24, 2.45) is 11.8 Å². The molecule has 2 aliphatic rings. The Bertz CT molecular complexity index is 222. The monoisotopic (exact) mass is 240 g/mol. The molecule has 3 atom stereocenters. The van der Waals surface area contributed by atoms with E-state index in [4.69, 9.17) is 4.74 Å². The Morgan fingerprint density at radius 1 is 1.29 bits per heavy atom. The average Bonchev–Trinajstić information content (AvgIpc) is 2.96. The number of rotatable bonds is 6. The molecule has 3 unspecified atom stereocenters. The molecule has 2 heterocycles. The van der Waals surface area contributed by atoms with Gasteiger partial charge in [-0.15, -0.1) is 0 Å². The van der Waals surface area contributed by atoms with Gasteiger partial charge in [-0.2, -0.15) is 0 Å². The molecule has 17 heavy (non-hydrogen) atoms. The first-order chi connectivity index (χ1) is 8.33. The van der Waals surface area contributed by atoms with E-state index in [-0.39, 0.29) is 0 Å². The number of ether oxygens (including phenoxy) is 1. The van der Waals surface area contributed by atoms with Gasteiger partial charge in [0.2, 0.25) is 0 Å². The van der Waals surface area contributed by atoms with Gasteiger partial charge < -0.3 is 15.0 Å². The van der Waals surface area contributed by atoms with Crippen molar-refractivity contribution in [2.45, 2.75) is 39.2 Å². The van der Waals surface area contributed by atoms with Crippen molar-refractivity contribution in [3.05, 3.63) is 0 Å². The number of nitrogens with one attached hydrogen (secondary N) is 1. The Labute approximate surface area is 106 Å². The van der Waals surface area contributed by atoms with Gasteiger partial charge in [-0.25, -0.2) is 0 Å². The van der Waals surface area contributed by atoms with Crippen molar-refractivity contribution >= 4 is 0 Å².